The molecule has 8 nitrogen and oxygen atoms in total. The lowest BCUT2D eigenvalue weighted by Crippen LogP contribution is -2.06. The van der Waals surface area contributed by atoms with Crippen molar-refractivity contribution in [2.45, 2.75) is 19.1 Å². The molecule has 2 aromatic carbocycles. The van der Waals surface area contributed by atoms with Crippen LogP contribution in [0.4, 0.5) is 29.2 Å². The lowest BCUT2D eigenvalue weighted by atomic mass is 10.1. The zero-order chi connectivity index (χ0) is 27.2. The van der Waals surface area contributed by atoms with Crippen molar-refractivity contribution in [1.82, 2.24) is 15.0 Å². The second kappa shape index (κ2) is 11.6. The van der Waals surface area contributed by atoms with Gasteiger partial charge in [-0.25, -0.2) is 19.2 Å². The zero-order valence-corrected chi connectivity index (χ0v) is 19.3. The maximum atomic E-state index is 13.2. The number of aromatic carboxylic acids is 1. The molecule has 2 aromatic heterocycles. The van der Waals surface area contributed by atoms with E-state index in [9.17, 15) is 22.4 Å². The summed E-state index contributed by atoms with van der Waals surface area (Å²) in [6, 6.07) is 10.9. The van der Waals surface area contributed by atoms with Crippen molar-refractivity contribution in [1.29, 1.82) is 0 Å². The molecule has 4 aromatic rings. The average molecular weight is 516 g/mol. The van der Waals surface area contributed by atoms with Gasteiger partial charge in [0, 0.05) is 30.3 Å². The minimum absolute atomic E-state index is 0.0812. The molecule has 1 atom stereocenters. The van der Waals surface area contributed by atoms with Crippen LogP contribution in [0.3, 0.4) is 0 Å². The minimum atomic E-state index is -4.40. The second-order valence-corrected chi connectivity index (χ2v) is 7.83. The van der Waals surface area contributed by atoms with Gasteiger partial charge in [-0.05, 0) is 42.8 Å². The summed E-state index contributed by atoms with van der Waals surface area (Å²) < 4.78 is 49.9. The summed E-state index contributed by atoms with van der Waals surface area (Å²) in [5.41, 5.74) is 9.27. The second-order valence-electron chi connectivity index (χ2n) is 7.83. The Hall–Kier alpha value is -4.29. The Morgan fingerprint density at radius 1 is 1.16 bits per heavy atom. The topological polar surface area (TPSA) is 135 Å². The number of hydrogen-bond donors (Lipinski definition) is 4. The monoisotopic (exact) mass is 516 g/mol. The van der Waals surface area contributed by atoms with Crippen LogP contribution in [-0.4, -0.2) is 37.7 Å². The average Bonchev–Trinajstić information content (AvgIpc) is 3.35. The van der Waals surface area contributed by atoms with E-state index in [1.54, 1.807) is 24.5 Å². The van der Waals surface area contributed by atoms with E-state index >= 15 is 0 Å². The van der Waals surface area contributed by atoms with Gasteiger partial charge in [0.25, 0.3) is 0 Å². The summed E-state index contributed by atoms with van der Waals surface area (Å²) in [6.45, 7) is 1.34. The number of nitrogens with zero attached hydrogens (tertiary/aromatic N) is 2. The lowest BCUT2D eigenvalue weighted by Gasteiger charge is -2.18. The molecule has 5 N–H and O–H groups in total. The summed E-state index contributed by atoms with van der Waals surface area (Å²) >= 11 is 0. The van der Waals surface area contributed by atoms with Crippen molar-refractivity contribution < 1.29 is 32.6 Å². The summed E-state index contributed by atoms with van der Waals surface area (Å²) in [7, 11) is 0. The maximum Gasteiger partial charge on any atom is 0.416 e. The third kappa shape index (κ3) is 7.35. The van der Waals surface area contributed by atoms with Crippen LogP contribution in [0.15, 0.2) is 67.0 Å². The van der Waals surface area contributed by atoms with E-state index < -0.39 is 30.4 Å². The summed E-state index contributed by atoms with van der Waals surface area (Å²) in [4.78, 5) is 22.2. The number of nitrogens with one attached hydrogen (secondary N) is 3. The Bertz CT molecular complexity index is 1370. The first-order valence-electron chi connectivity index (χ1n) is 10.8. The van der Waals surface area contributed by atoms with Crippen LogP contribution in [0.1, 0.15) is 33.2 Å². The Balaban J connectivity index is 0.000000233. The van der Waals surface area contributed by atoms with Crippen molar-refractivity contribution >= 4 is 17.6 Å². The van der Waals surface area contributed by atoms with Gasteiger partial charge in [0.2, 0.25) is 5.95 Å². The number of carbonyl (C=O) groups is 1. The number of alkyl halides is 3. The molecule has 4 rings (SSSR count). The van der Waals surface area contributed by atoms with Crippen LogP contribution < -0.4 is 5.32 Å². The molecule has 194 valence electrons. The molecule has 0 radical (unpaired) electrons. The Morgan fingerprint density at radius 2 is 1.89 bits per heavy atom. The molecule has 0 bridgehead atoms. The third-order valence-electron chi connectivity index (χ3n) is 5.04. The van der Waals surface area contributed by atoms with Gasteiger partial charge in [0.1, 0.15) is 11.5 Å². The first-order valence-corrected chi connectivity index (χ1v) is 10.8. The SMILES string of the molecule is Cc1cnc(Nc2cccc(F)c2)nc1-c1c[nH]c(C(=O)O)c1.[NH-]C(CO)c1cccc(C(F)(F)F)c1. The normalized spacial score (nSPS) is 11.9. The molecule has 0 aliphatic carbocycles. The number of halogens is 4. The van der Waals surface area contributed by atoms with E-state index in [4.69, 9.17) is 15.9 Å². The molecule has 0 spiro atoms. The molecule has 1 unspecified atom stereocenters. The van der Waals surface area contributed by atoms with Gasteiger partial charge >= 0.3 is 12.1 Å². The number of H-pyrrole nitrogens is 1. The standard InChI is InChI=1S/C16H13FN4O2.C9H9F3NO/c1-9-7-19-16(20-12-4-2-3-11(17)6-12)21-14(9)10-5-13(15(22)23)18-8-10;10-9(11,12)7-3-1-2-6(4-7)8(13)5-14/h2-8,18H,1H3,(H,22,23)(H,19,20,21);1-4,8,13-14H,5H2/q;-1. The van der Waals surface area contributed by atoms with Crippen LogP contribution in [0.25, 0.3) is 17.0 Å². The molecule has 0 fully saturated rings. The van der Waals surface area contributed by atoms with E-state index in [0.29, 0.717) is 22.9 Å². The highest BCUT2D eigenvalue weighted by Crippen LogP contribution is 2.31. The van der Waals surface area contributed by atoms with Gasteiger partial charge in [0.05, 0.1) is 11.3 Å². The Kier molecular flexibility index (Phi) is 8.58. The van der Waals surface area contributed by atoms with E-state index in [1.807, 2.05) is 6.92 Å². The molecule has 0 saturated carbocycles. The van der Waals surface area contributed by atoms with Crippen LogP contribution in [-0.2, 0) is 6.18 Å². The fourth-order valence-corrected chi connectivity index (χ4v) is 3.18. The number of carboxylic acid groups (broad SMARTS) is 1. The lowest BCUT2D eigenvalue weighted by molar-refractivity contribution is -0.137. The predicted octanol–water partition coefficient (Wildman–Crippen LogP) is 6.15. The van der Waals surface area contributed by atoms with Gasteiger partial charge in [-0.15, -0.1) is 0 Å². The Labute approximate surface area is 208 Å². The summed E-state index contributed by atoms with van der Waals surface area (Å²) in [5, 5.41) is 20.5. The highest BCUT2D eigenvalue weighted by molar-refractivity contribution is 5.87. The van der Waals surface area contributed by atoms with Gasteiger partial charge in [0.15, 0.2) is 0 Å². The van der Waals surface area contributed by atoms with Gasteiger partial charge < -0.3 is 26.2 Å². The number of aryl methyl sites for hydroxylation is 1. The van der Waals surface area contributed by atoms with Crippen molar-refractivity contribution in [3.63, 3.8) is 0 Å². The number of hydrogen-bond acceptors (Lipinski definition) is 5. The molecule has 0 aliphatic heterocycles. The molecule has 37 heavy (non-hydrogen) atoms. The number of aromatic nitrogens is 3. The zero-order valence-electron chi connectivity index (χ0n) is 19.3. The highest BCUT2D eigenvalue weighted by atomic mass is 19.4. The molecule has 0 aliphatic rings. The molecule has 0 amide bonds. The minimum Gasteiger partial charge on any atom is -0.669 e. The number of aliphatic hydroxyl groups is 1. The summed E-state index contributed by atoms with van der Waals surface area (Å²) in [6.07, 6.45) is -1.20. The largest absolute Gasteiger partial charge is 0.669 e. The third-order valence-corrected chi connectivity index (χ3v) is 5.04. The van der Waals surface area contributed by atoms with Crippen molar-refractivity contribution in [3.8, 4) is 11.3 Å². The number of benzene rings is 2. The number of aromatic amines is 1. The molecule has 2 heterocycles. The quantitative estimate of drug-likeness (QED) is 0.227. The van der Waals surface area contributed by atoms with Crippen molar-refractivity contribution in [3.05, 3.63) is 101 Å². The van der Waals surface area contributed by atoms with Crippen LogP contribution in [0.5, 0.6) is 0 Å². The first-order chi connectivity index (χ1) is 17.5. The molecule has 12 heteroatoms. The predicted molar refractivity (Wildman–Crippen MR) is 129 cm³/mol. The summed E-state index contributed by atoms with van der Waals surface area (Å²) in [5.74, 6) is -1.10. The fourth-order valence-electron chi connectivity index (χ4n) is 3.18. The maximum absolute atomic E-state index is 13.2. The van der Waals surface area contributed by atoms with Gasteiger partial charge in [-0.1, -0.05) is 35.9 Å². The van der Waals surface area contributed by atoms with E-state index in [0.717, 1.165) is 17.7 Å². The smallest absolute Gasteiger partial charge is 0.416 e. The van der Waals surface area contributed by atoms with Crippen LogP contribution in [0, 0.1) is 12.7 Å². The number of anilines is 2. The first kappa shape index (κ1) is 27.3. The van der Waals surface area contributed by atoms with Crippen LogP contribution >= 0.6 is 0 Å². The van der Waals surface area contributed by atoms with E-state index in [-0.39, 0.29) is 17.1 Å². The van der Waals surface area contributed by atoms with Crippen molar-refractivity contribution in [2.75, 3.05) is 11.9 Å². The van der Waals surface area contributed by atoms with E-state index in [2.05, 4.69) is 20.3 Å². The van der Waals surface area contributed by atoms with Gasteiger partial charge in [-0.2, -0.15) is 13.2 Å². The fraction of sp³-hybridized carbons (Fsp3) is 0.160. The molecule has 0 saturated heterocycles. The van der Waals surface area contributed by atoms with E-state index in [1.165, 1.54) is 30.3 Å². The van der Waals surface area contributed by atoms with Crippen molar-refractivity contribution in [2.24, 2.45) is 0 Å². The molecular weight excluding hydrogens is 494 g/mol. The number of carboxylic acids is 1. The van der Waals surface area contributed by atoms with Crippen LogP contribution in [0.2, 0.25) is 0 Å². The Morgan fingerprint density at radius 3 is 2.51 bits per heavy atom. The number of aliphatic hydroxyl groups excluding tert-OH is 1. The van der Waals surface area contributed by atoms with Gasteiger partial charge in [-0.3, -0.25) is 0 Å². The molecular formula is C25H22F4N5O3-. The number of rotatable bonds is 6. The highest BCUT2D eigenvalue weighted by Gasteiger charge is 2.30.